The van der Waals surface area contributed by atoms with Gasteiger partial charge in [0, 0.05) is 24.6 Å². The van der Waals surface area contributed by atoms with Crippen molar-refractivity contribution in [3.8, 4) is 0 Å². The zero-order chi connectivity index (χ0) is 21.1. The van der Waals surface area contributed by atoms with Crippen LogP contribution in [0.2, 0.25) is 0 Å². The molecule has 0 saturated carbocycles. The maximum Gasteiger partial charge on any atom is 0.322 e. The first kappa shape index (κ1) is 22.0. The van der Waals surface area contributed by atoms with Crippen molar-refractivity contribution < 1.29 is 29.6 Å². The van der Waals surface area contributed by atoms with Crippen LogP contribution in [-0.2, 0) is 16.0 Å². The standard InChI is InChI=1S/C9H9NO4.C8H8N2O4/c11-9(12)6-3-7-1-4-8(5-2-7)10(13)14;11-8(12)5-9-6-3-1-2-4-7(6)10(13)14/h1-2,4-5H,3,6H2,(H,11,12);1-4,9H,5H2,(H,11,12). The predicted molar refractivity (Wildman–Crippen MR) is 98.3 cm³/mol. The van der Waals surface area contributed by atoms with Gasteiger partial charge in [-0.2, -0.15) is 0 Å². The van der Waals surface area contributed by atoms with Crippen LogP contribution >= 0.6 is 0 Å². The van der Waals surface area contributed by atoms with E-state index in [0.717, 1.165) is 5.56 Å². The summed E-state index contributed by atoms with van der Waals surface area (Å²) in [5.74, 6) is -1.94. The van der Waals surface area contributed by atoms with Crippen molar-refractivity contribution in [1.29, 1.82) is 0 Å². The lowest BCUT2D eigenvalue weighted by molar-refractivity contribution is -0.384. The second kappa shape index (κ2) is 10.9. The lowest BCUT2D eigenvalue weighted by Crippen LogP contribution is -2.13. The van der Waals surface area contributed by atoms with Gasteiger partial charge in [-0.15, -0.1) is 0 Å². The summed E-state index contributed by atoms with van der Waals surface area (Å²) in [6.45, 7) is -0.342. The molecule has 11 nitrogen and oxygen atoms in total. The van der Waals surface area contributed by atoms with Gasteiger partial charge in [-0.3, -0.25) is 29.8 Å². The second-order valence-electron chi connectivity index (χ2n) is 5.34. The van der Waals surface area contributed by atoms with Gasteiger partial charge in [-0.25, -0.2) is 0 Å². The number of aliphatic carboxylic acids is 2. The third kappa shape index (κ3) is 7.91. The normalized spacial score (nSPS) is 9.57. The predicted octanol–water partition coefficient (Wildman–Crippen LogP) is 2.70. The molecule has 3 N–H and O–H groups in total. The quantitative estimate of drug-likeness (QED) is 0.451. The summed E-state index contributed by atoms with van der Waals surface area (Å²) in [7, 11) is 0. The van der Waals surface area contributed by atoms with Crippen molar-refractivity contribution >= 4 is 29.0 Å². The van der Waals surface area contributed by atoms with E-state index in [4.69, 9.17) is 10.2 Å². The van der Waals surface area contributed by atoms with Gasteiger partial charge in [-0.1, -0.05) is 24.3 Å². The van der Waals surface area contributed by atoms with Gasteiger partial charge in [-0.05, 0) is 18.1 Å². The Labute approximate surface area is 158 Å². The monoisotopic (exact) mass is 391 g/mol. The molecule has 11 heteroatoms. The van der Waals surface area contributed by atoms with Crippen LogP contribution in [0.15, 0.2) is 48.5 Å². The van der Waals surface area contributed by atoms with Crippen LogP contribution < -0.4 is 5.32 Å². The molecule has 2 aromatic rings. The smallest absolute Gasteiger partial charge is 0.322 e. The number of nitro benzene ring substituents is 2. The summed E-state index contributed by atoms with van der Waals surface area (Å²) in [5, 5.41) is 40.0. The zero-order valence-electron chi connectivity index (χ0n) is 14.5. The Morgan fingerprint density at radius 1 is 0.893 bits per heavy atom. The zero-order valence-corrected chi connectivity index (χ0v) is 14.5. The van der Waals surface area contributed by atoms with Crippen LogP contribution in [0.3, 0.4) is 0 Å². The van der Waals surface area contributed by atoms with Crippen LogP contribution in [0.4, 0.5) is 17.1 Å². The minimum Gasteiger partial charge on any atom is -0.481 e. The van der Waals surface area contributed by atoms with Gasteiger partial charge < -0.3 is 15.5 Å². The summed E-state index contributed by atoms with van der Waals surface area (Å²) in [6, 6.07) is 11.8. The number of hydrogen-bond donors (Lipinski definition) is 3. The molecule has 0 saturated heterocycles. The van der Waals surface area contributed by atoms with Crippen molar-refractivity contribution in [2.24, 2.45) is 0 Å². The molecule has 0 amide bonds. The minimum absolute atomic E-state index is 0.0177. The molecule has 2 rings (SSSR count). The number of non-ortho nitro benzene ring substituents is 1. The number of hydrogen-bond acceptors (Lipinski definition) is 7. The number of aryl methyl sites for hydroxylation is 1. The number of nitro groups is 2. The third-order valence-electron chi connectivity index (χ3n) is 3.31. The maximum absolute atomic E-state index is 10.5. The molecule has 0 fully saturated rings. The van der Waals surface area contributed by atoms with E-state index in [0.29, 0.717) is 6.42 Å². The highest BCUT2D eigenvalue weighted by atomic mass is 16.6. The molecule has 28 heavy (non-hydrogen) atoms. The summed E-state index contributed by atoms with van der Waals surface area (Å²) in [5.41, 5.74) is 0.885. The SMILES string of the molecule is O=C(O)CCc1ccc([N+](=O)[O-])cc1.O=C(O)CNc1ccccc1[N+](=O)[O-]. The first-order chi connectivity index (χ1) is 13.2. The van der Waals surface area contributed by atoms with E-state index in [2.05, 4.69) is 5.32 Å². The average molecular weight is 391 g/mol. The number of nitrogens with zero attached hydrogens (tertiary/aromatic N) is 2. The van der Waals surface area contributed by atoms with Gasteiger partial charge in [0.25, 0.3) is 11.4 Å². The molecule has 0 aliphatic heterocycles. The Hall–Kier alpha value is -4.02. The number of rotatable bonds is 8. The minimum atomic E-state index is -1.07. The molecule has 2 aromatic carbocycles. The average Bonchev–Trinajstić information content (AvgIpc) is 2.65. The summed E-state index contributed by atoms with van der Waals surface area (Å²) in [4.78, 5) is 40.2. The second-order valence-corrected chi connectivity index (χ2v) is 5.34. The van der Waals surface area contributed by atoms with Crippen molar-refractivity contribution in [2.45, 2.75) is 12.8 Å². The number of nitrogens with one attached hydrogen (secondary N) is 1. The number of anilines is 1. The van der Waals surface area contributed by atoms with Gasteiger partial charge >= 0.3 is 11.9 Å². The van der Waals surface area contributed by atoms with Crippen LogP contribution in [0, 0.1) is 20.2 Å². The van der Waals surface area contributed by atoms with Gasteiger partial charge in [0.2, 0.25) is 0 Å². The van der Waals surface area contributed by atoms with Crippen molar-refractivity contribution in [3.05, 3.63) is 74.3 Å². The highest BCUT2D eigenvalue weighted by Gasteiger charge is 2.12. The molecule has 0 radical (unpaired) electrons. The number of carboxylic acid groups (broad SMARTS) is 2. The Bertz CT molecular complexity index is 852. The largest absolute Gasteiger partial charge is 0.481 e. The van der Waals surface area contributed by atoms with Gasteiger partial charge in [0.15, 0.2) is 0 Å². The molecule has 0 heterocycles. The van der Waals surface area contributed by atoms with Crippen LogP contribution in [0.25, 0.3) is 0 Å². The highest BCUT2D eigenvalue weighted by Crippen LogP contribution is 2.22. The van der Waals surface area contributed by atoms with Crippen LogP contribution in [-0.4, -0.2) is 38.5 Å². The lowest BCUT2D eigenvalue weighted by atomic mass is 10.1. The molecule has 0 spiro atoms. The van der Waals surface area contributed by atoms with E-state index in [-0.39, 0.29) is 30.0 Å². The summed E-state index contributed by atoms with van der Waals surface area (Å²) < 4.78 is 0. The number of benzene rings is 2. The fourth-order valence-corrected chi connectivity index (χ4v) is 1.99. The topological polar surface area (TPSA) is 173 Å². The fourth-order valence-electron chi connectivity index (χ4n) is 1.99. The summed E-state index contributed by atoms with van der Waals surface area (Å²) >= 11 is 0. The highest BCUT2D eigenvalue weighted by molar-refractivity contribution is 5.74. The Balaban J connectivity index is 0.000000280. The first-order valence-electron chi connectivity index (χ1n) is 7.85. The van der Waals surface area contributed by atoms with E-state index < -0.39 is 21.8 Å². The number of carbonyl (C=O) groups is 2. The molecule has 0 aliphatic carbocycles. The molecule has 0 atom stereocenters. The third-order valence-corrected chi connectivity index (χ3v) is 3.31. The molecule has 148 valence electrons. The Morgan fingerprint density at radius 2 is 1.50 bits per heavy atom. The number of carboxylic acids is 2. The van der Waals surface area contributed by atoms with Crippen LogP contribution in [0.5, 0.6) is 0 Å². The lowest BCUT2D eigenvalue weighted by Gasteiger charge is -2.02. The Morgan fingerprint density at radius 3 is 2.00 bits per heavy atom. The van der Waals surface area contributed by atoms with Crippen molar-refractivity contribution in [3.63, 3.8) is 0 Å². The molecule has 0 unspecified atom stereocenters. The van der Waals surface area contributed by atoms with Crippen LogP contribution in [0.1, 0.15) is 12.0 Å². The molecular formula is C17H17N3O8. The Kier molecular flexibility index (Phi) is 8.54. The van der Waals surface area contributed by atoms with E-state index in [9.17, 15) is 29.8 Å². The van der Waals surface area contributed by atoms with Crippen molar-refractivity contribution in [1.82, 2.24) is 0 Å². The van der Waals surface area contributed by atoms with E-state index >= 15 is 0 Å². The van der Waals surface area contributed by atoms with E-state index in [1.165, 1.54) is 30.3 Å². The van der Waals surface area contributed by atoms with E-state index in [1.54, 1.807) is 18.2 Å². The van der Waals surface area contributed by atoms with Gasteiger partial charge in [0.1, 0.15) is 12.2 Å². The van der Waals surface area contributed by atoms with Gasteiger partial charge in [0.05, 0.1) is 9.85 Å². The molecule has 0 bridgehead atoms. The summed E-state index contributed by atoms with van der Waals surface area (Å²) in [6.07, 6.45) is 0.436. The molecular weight excluding hydrogens is 374 g/mol. The number of para-hydroxylation sites is 2. The van der Waals surface area contributed by atoms with Crippen molar-refractivity contribution in [2.75, 3.05) is 11.9 Å². The molecule has 0 aliphatic rings. The maximum atomic E-state index is 10.5. The van der Waals surface area contributed by atoms with E-state index in [1.807, 2.05) is 0 Å². The molecule has 0 aromatic heterocycles. The first-order valence-corrected chi connectivity index (χ1v) is 7.85. The fraction of sp³-hybridized carbons (Fsp3) is 0.176.